The van der Waals surface area contributed by atoms with E-state index in [1.165, 1.54) is 0 Å². The van der Waals surface area contributed by atoms with Crippen LogP contribution in [0.1, 0.15) is 52.9 Å². The third-order valence-corrected chi connectivity index (χ3v) is 2.79. The third-order valence-electron chi connectivity index (χ3n) is 2.79. The summed E-state index contributed by atoms with van der Waals surface area (Å²) in [5, 5.41) is 5.94. The normalized spacial score (nSPS) is 12.1. The zero-order chi connectivity index (χ0) is 16.4. The highest BCUT2D eigenvalue weighted by atomic mass is 16.2. The van der Waals surface area contributed by atoms with Crippen LogP contribution in [0, 0.1) is 6.92 Å². The number of nitrogens with two attached hydrogens (primary N) is 1. The molecular weight excluding hydrogens is 266 g/mol. The molecule has 21 heavy (non-hydrogen) atoms. The Labute approximate surface area is 126 Å². The van der Waals surface area contributed by atoms with E-state index in [0.29, 0.717) is 17.5 Å². The van der Waals surface area contributed by atoms with Crippen molar-refractivity contribution in [2.75, 3.05) is 17.6 Å². The SMILES string of the molecule is Cc1c(N)nc(C(C)(C)C)nc1NCC(=O)NC(C)(C)C. The molecule has 0 fully saturated rings. The van der Waals surface area contributed by atoms with Gasteiger partial charge < -0.3 is 16.4 Å². The van der Waals surface area contributed by atoms with E-state index in [1.54, 1.807) is 0 Å². The first kappa shape index (κ1) is 17.2. The number of aromatic nitrogens is 2. The van der Waals surface area contributed by atoms with E-state index < -0.39 is 0 Å². The molecule has 0 saturated heterocycles. The van der Waals surface area contributed by atoms with Crippen molar-refractivity contribution in [2.24, 2.45) is 0 Å². The summed E-state index contributed by atoms with van der Waals surface area (Å²) in [6.07, 6.45) is 0. The highest BCUT2D eigenvalue weighted by Crippen LogP contribution is 2.24. The first-order valence-corrected chi connectivity index (χ1v) is 7.09. The van der Waals surface area contributed by atoms with Crippen molar-refractivity contribution >= 4 is 17.5 Å². The molecule has 6 nitrogen and oxygen atoms in total. The molecule has 1 aromatic rings. The standard InChI is InChI=1S/C15H27N5O/c1-9-11(16)18-13(14(2,3)4)19-12(9)17-8-10(21)20-15(5,6)7/h8H2,1-7H3,(H,20,21)(H3,16,17,18,19). The number of nitrogens with one attached hydrogen (secondary N) is 2. The Morgan fingerprint density at radius 2 is 1.71 bits per heavy atom. The molecule has 0 radical (unpaired) electrons. The second kappa shape index (κ2) is 5.87. The van der Waals surface area contributed by atoms with E-state index in [1.807, 2.05) is 48.5 Å². The van der Waals surface area contributed by atoms with E-state index in [4.69, 9.17) is 5.73 Å². The first-order valence-electron chi connectivity index (χ1n) is 7.09. The van der Waals surface area contributed by atoms with Crippen LogP contribution in [0.2, 0.25) is 0 Å². The van der Waals surface area contributed by atoms with E-state index in [0.717, 1.165) is 5.56 Å². The lowest BCUT2D eigenvalue weighted by atomic mass is 9.95. The van der Waals surface area contributed by atoms with Crippen molar-refractivity contribution in [1.29, 1.82) is 0 Å². The van der Waals surface area contributed by atoms with E-state index in [2.05, 4.69) is 20.6 Å². The Hall–Kier alpha value is -1.85. The van der Waals surface area contributed by atoms with Gasteiger partial charge in [0, 0.05) is 16.5 Å². The third kappa shape index (κ3) is 5.21. The lowest BCUT2D eigenvalue weighted by molar-refractivity contribution is -0.120. The van der Waals surface area contributed by atoms with Gasteiger partial charge in [0.05, 0.1) is 6.54 Å². The minimum Gasteiger partial charge on any atom is -0.383 e. The zero-order valence-corrected chi connectivity index (χ0v) is 14.1. The molecule has 0 aliphatic carbocycles. The van der Waals surface area contributed by atoms with Crippen LogP contribution in [-0.4, -0.2) is 28.0 Å². The van der Waals surface area contributed by atoms with Crippen molar-refractivity contribution in [3.63, 3.8) is 0 Å². The van der Waals surface area contributed by atoms with Gasteiger partial charge in [0.15, 0.2) is 0 Å². The zero-order valence-electron chi connectivity index (χ0n) is 14.1. The number of amides is 1. The van der Waals surface area contributed by atoms with Gasteiger partial charge in [0.2, 0.25) is 5.91 Å². The summed E-state index contributed by atoms with van der Waals surface area (Å²) >= 11 is 0. The molecule has 0 saturated carbocycles. The van der Waals surface area contributed by atoms with Gasteiger partial charge in [-0.05, 0) is 27.7 Å². The van der Waals surface area contributed by atoms with Crippen LogP contribution in [0.5, 0.6) is 0 Å². The summed E-state index contributed by atoms with van der Waals surface area (Å²) in [6, 6.07) is 0. The highest BCUT2D eigenvalue weighted by molar-refractivity contribution is 5.81. The van der Waals surface area contributed by atoms with Gasteiger partial charge >= 0.3 is 0 Å². The fraction of sp³-hybridized carbons (Fsp3) is 0.667. The molecular formula is C15H27N5O. The minimum absolute atomic E-state index is 0.0867. The number of nitrogen functional groups attached to an aromatic ring is 1. The van der Waals surface area contributed by atoms with Crippen molar-refractivity contribution in [3.05, 3.63) is 11.4 Å². The van der Waals surface area contributed by atoms with Crippen LogP contribution in [0.4, 0.5) is 11.6 Å². The Bertz CT molecular complexity index is 526. The van der Waals surface area contributed by atoms with Crippen LogP contribution in [-0.2, 0) is 10.2 Å². The molecule has 0 spiro atoms. The maximum absolute atomic E-state index is 11.9. The summed E-state index contributed by atoms with van der Waals surface area (Å²) in [4.78, 5) is 20.7. The largest absolute Gasteiger partial charge is 0.383 e. The van der Waals surface area contributed by atoms with Crippen LogP contribution < -0.4 is 16.4 Å². The Morgan fingerprint density at radius 1 is 1.14 bits per heavy atom. The van der Waals surface area contributed by atoms with Crippen LogP contribution in [0.3, 0.4) is 0 Å². The Morgan fingerprint density at radius 3 is 2.19 bits per heavy atom. The predicted octanol–water partition coefficient (Wildman–Crippen LogP) is 1.99. The Balaban J connectivity index is 2.89. The quantitative estimate of drug-likeness (QED) is 0.792. The number of nitrogens with zero attached hydrogens (tertiary/aromatic N) is 2. The number of anilines is 2. The second-order valence-corrected chi connectivity index (χ2v) is 7.31. The molecule has 1 amide bonds. The van der Waals surface area contributed by atoms with Gasteiger partial charge in [-0.1, -0.05) is 20.8 Å². The van der Waals surface area contributed by atoms with Gasteiger partial charge in [0.25, 0.3) is 0 Å². The van der Waals surface area contributed by atoms with Crippen LogP contribution >= 0.6 is 0 Å². The molecule has 1 heterocycles. The topological polar surface area (TPSA) is 92.9 Å². The van der Waals surface area contributed by atoms with Crippen molar-refractivity contribution in [1.82, 2.24) is 15.3 Å². The molecule has 0 aliphatic rings. The maximum Gasteiger partial charge on any atom is 0.239 e. The first-order chi connectivity index (χ1) is 9.40. The average Bonchev–Trinajstić information content (AvgIpc) is 2.27. The van der Waals surface area contributed by atoms with Gasteiger partial charge in [-0.3, -0.25) is 4.79 Å². The lowest BCUT2D eigenvalue weighted by Crippen LogP contribution is -2.43. The summed E-state index contributed by atoms with van der Waals surface area (Å²) in [7, 11) is 0. The minimum atomic E-state index is -0.255. The Kier molecular flexibility index (Phi) is 4.81. The van der Waals surface area contributed by atoms with E-state index in [9.17, 15) is 4.79 Å². The summed E-state index contributed by atoms with van der Waals surface area (Å²) < 4.78 is 0. The van der Waals surface area contributed by atoms with Crippen LogP contribution in [0.15, 0.2) is 0 Å². The number of hydrogen-bond donors (Lipinski definition) is 3. The van der Waals surface area contributed by atoms with Crippen molar-refractivity contribution in [3.8, 4) is 0 Å². The summed E-state index contributed by atoms with van der Waals surface area (Å²) in [5.74, 6) is 1.62. The van der Waals surface area contributed by atoms with Gasteiger partial charge in [0.1, 0.15) is 17.5 Å². The molecule has 0 aromatic carbocycles. The second-order valence-electron chi connectivity index (χ2n) is 7.31. The van der Waals surface area contributed by atoms with Crippen molar-refractivity contribution in [2.45, 2.75) is 59.4 Å². The fourth-order valence-electron chi connectivity index (χ4n) is 1.67. The summed E-state index contributed by atoms with van der Waals surface area (Å²) in [6.45, 7) is 13.9. The van der Waals surface area contributed by atoms with Gasteiger partial charge in [-0.15, -0.1) is 0 Å². The van der Waals surface area contributed by atoms with E-state index in [-0.39, 0.29) is 23.4 Å². The molecule has 0 bridgehead atoms. The molecule has 6 heteroatoms. The highest BCUT2D eigenvalue weighted by Gasteiger charge is 2.21. The maximum atomic E-state index is 11.9. The number of rotatable bonds is 3. The monoisotopic (exact) mass is 293 g/mol. The molecule has 0 unspecified atom stereocenters. The molecule has 0 aliphatic heterocycles. The number of carbonyl (C=O) groups excluding carboxylic acids is 1. The molecule has 1 aromatic heterocycles. The van der Waals surface area contributed by atoms with Crippen molar-refractivity contribution < 1.29 is 4.79 Å². The van der Waals surface area contributed by atoms with Gasteiger partial charge in [-0.25, -0.2) is 9.97 Å². The molecule has 1 rings (SSSR count). The predicted molar refractivity (Wildman–Crippen MR) is 86.3 cm³/mol. The van der Waals surface area contributed by atoms with Gasteiger partial charge in [-0.2, -0.15) is 0 Å². The fourth-order valence-corrected chi connectivity index (χ4v) is 1.67. The lowest BCUT2D eigenvalue weighted by Gasteiger charge is -2.22. The summed E-state index contributed by atoms with van der Waals surface area (Å²) in [5.41, 5.74) is 6.23. The van der Waals surface area contributed by atoms with Crippen LogP contribution in [0.25, 0.3) is 0 Å². The smallest absolute Gasteiger partial charge is 0.239 e. The number of hydrogen-bond acceptors (Lipinski definition) is 5. The molecule has 4 N–H and O–H groups in total. The average molecular weight is 293 g/mol. The van der Waals surface area contributed by atoms with E-state index >= 15 is 0 Å². The molecule has 0 atom stereocenters. The number of carbonyl (C=O) groups is 1. The molecule has 118 valence electrons.